The summed E-state index contributed by atoms with van der Waals surface area (Å²) in [5.74, 6) is 0.294. The van der Waals surface area contributed by atoms with Crippen LogP contribution in [0.5, 0.6) is 0 Å². The molecule has 0 unspecified atom stereocenters. The van der Waals surface area contributed by atoms with Gasteiger partial charge in [-0.2, -0.15) is 18.3 Å². The summed E-state index contributed by atoms with van der Waals surface area (Å²) in [5.41, 5.74) is 1.37. The molecule has 2 aromatic rings. The van der Waals surface area contributed by atoms with E-state index in [1.807, 2.05) is 6.92 Å². The van der Waals surface area contributed by atoms with Crippen LogP contribution < -0.4 is 0 Å². The quantitative estimate of drug-likeness (QED) is 0.774. The van der Waals surface area contributed by atoms with E-state index in [-0.39, 0.29) is 0 Å². The highest BCUT2D eigenvalue weighted by Crippen LogP contribution is 2.30. The fourth-order valence-corrected chi connectivity index (χ4v) is 2.16. The molecule has 6 heteroatoms. The average molecular weight is 289 g/mol. The van der Waals surface area contributed by atoms with Gasteiger partial charge in [0.2, 0.25) is 0 Å². The van der Waals surface area contributed by atoms with Gasteiger partial charge in [0.15, 0.2) is 0 Å². The van der Waals surface area contributed by atoms with Gasteiger partial charge < -0.3 is 0 Å². The average Bonchev–Trinajstić information content (AvgIpc) is 2.80. The summed E-state index contributed by atoms with van der Waals surface area (Å²) >= 11 is 5.78. The van der Waals surface area contributed by atoms with Crippen molar-refractivity contribution in [2.24, 2.45) is 0 Å². The van der Waals surface area contributed by atoms with Crippen LogP contribution in [0.4, 0.5) is 13.2 Å². The first kappa shape index (κ1) is 13.9. The maximum Gasteiger partial charge on any atom is 0.416 e. The Kier molecular flexibility index (Phi) is 3.85. The number of hydrogen-bond donors (Lipinski definition) is 0. The Morgan fingerprint density at radius 2 is 2.05 bits per heavy atom. The van der Waals surface area contributed by atoms with Gasteiger partial charge in [0, 0.05) is 11.3 Å². The standard InChI is InChI=1S/C13H12ClF3N2/c1-2-12-9(7-14)8-18-19(12)11-5-3-4-10(6-11)13(15,16)17/h3-6,8H,2,7H2,1H3. The molecule has 0 atom stereocenters. The summed E-state index contributed by atoms with van der Waals surface area (Å²) < 4.78 is 39.6. The van der Waals surface area contributed by atoms with Gasteiger partial charge in [-0.25, -0.2) is 4.68 Å². The Labute approximate surface area is 113 Å². The molecule has 1 heterocycles. The maximum absolute atomic E-state index is 12.7. The molecule has 102 valence electrons. The molecular formula is C13H12ClF3N2. The molecule has 2 nitrogen and oxygen atoms in total. The van der Waals surface area contributed by atoms with Crippen molar-refractivity contribution < 1.29 is 13.2 Å². The van der Waals surface area contributed by atoms with Crippen molar-refractivity contribution in [3.63, 3.8) is 0 Å². The summed E-state index contributed by atoms with van der Waals surface area (Å²) in [4.78, 5) is 0. The van der Waals surface area contributed by atoms with Crippen LogP contribution in [-0.4, -0.2) is 9.78 Å². The molecule has 0 spiro atoms. The summed E-state index contributed by atoms with van der Waals surface area (Å²) in [6.07, 6.45) is -2.12. The first-order valence-corrected chi connectivity index (χ1v) is 6.30. The number of halogens is 4. The van der Waals surface area contributed by atoms with E-state index >= 15 is 0 Å². The fraction of sp³-hybridized carbons (Fsp3) is 0.308. The van der Waals surface area contributed by atoms with Crippen LogP contribution in [0, 0.1) is 0 Å². The van der Waals surface area contributed by atoms with Crippen LogP contribution >= 0.6 is 11.6 Å². The molecule has 0 saturated carbocycles. The number of rotatable bonds is 3. The Hall–Kier alpha value is -1.49. The minimum atomic E-state index is -4.36. The minimum absolute atomic E-state index is 0.294. The van der Waals surface area contributed by atoms with Gasteiger partial charge in [-0.15, -0.1) is 11.6 Å². The topological polar surface area (TPSA) is 17.8 Å². The normalized spacial score (nSPS) is 11.8. The highest BCUT2D eigenvalue weighted by Gasteiger charge is 2.30. The molecule has 0 amide bonds. The molecule has 1 aromatic heterocycles. The van der Waals surface area contributed by atoms with Gasteiger partial charge in [-0.3, -0.25) is 0 Å². The van der Waals surface area contributed by atoms with Gasteiger partial charge in [0.1, 0.15) is 0 Å². The molecule has 1 aromatic carbocycles. The first-order chi connectivity index (χ1) is 8.97. The van der Waals surface area contributed by atoms with Crippen molar-refractivity contribution >= 4 is 11.6 Å². The van der Waals surface area contributed by atoms with Crippen molar-refractivity contribution in [1.82, 2.24) is 9.78 Å². The van der Waals surface area contributed by atoms with Crippen LogP contribution in [0.2, 0.25) is 0 Å². The van der Waals surface area contributed by atoms with E-state index in [4.69, 9.17) is 11.6 Å². The number of aromatic nitrogens is 2. The van der Waals surface area contributed by atoms with Crippen molar-refractivity contribution in [2.75, 3.05) is 0 Å². The molecule has 2 rings (SSSR count). The van der Waals surface area contributed by atoms with E-state index < -0.39 is 11.7 Å². The second-order valence-electron chi connectivity index (χ2n) is 4.06. The Morgan fingerprint density at radius 3 is 2.63 bits per heavy atom. The molecule has 0 saturated heterocycles. The van der Waals surface area contributed by atoms with Crippen molar-refractivity contribution in [3.8, 4) is 5.69 Å². The fourth-order valence-electron chi connectivity index (χ4n) is 1.93. The van der Waals surface area contributed by atoms with Gasteiger partial charge >= 0.3 is 6.18 Å². The molecule has 0 aliphatic carbocycles. The van der Waals surface area contributed by atoms with Crippen LogP contribution in [0.3, 0.4) is 0 Å². The van der Waals surface area contributed by atoms with E-state index in [1.54, 1.807) is 12.3 Å². The largest absolute Gasteiger partial charge is 0.416 e. The second kappa shape index (κ2) is 5.25. The predicted molar refractivity (Wildman–Crippen MR) is 67.5 cm³/mol. The molecule has 0 aliphatic heterocycles. The van der Waals surface area contributed by atoms with Crippen LogP contribution in [0.15, 0.2) is 30.5 Å². The van der Waals surface area contributed by atoms with E-state index in [0.717, 1.165) is 23.4 Å². The molecule has 0 aliphatic rings. The van der Waals surface area contributed by atoms with Crippen molar-refractivity contribution in [2.45, 2.75) is 25.4 Å². The van der Waals surface area contributed by atoms with Gasteiger partial charge in [-0.1, -0.05) is 13.0 Å². The zero-order chi connectivity index (χ0) is 14.0. The first-order valence-electron chi connectivity index (χ1n) is 5.76. The predicted octanol–water partition coefficient (Wildman–Crippen LogP) is 4.19. The summed E-state index contributed by atoms with van der Waals surface area (Å²) in [7, 11) is 0. The van der Waals surface area contributed by atoms with Crippen LogP contribution in [0.1, 0.15) is 23.7 Å². The van der Waals surface area contributed by atoms with E-state index in [0.29, 0.717) is 18.0 Å². The van der Waals surface area contributed by atoms with E-state index in [9.17, 15) is 13.2 Å². The zero-order valence-corrected chi connectivity index (χ0v) is 11.0. The lowest BCUT2D eigenvalue weighted by Crippen LogP contribution is -2.08. The summed E-state index contributed by atoms with van der Waals surface area (Å²) in [5, 5.41) is 4.12. The smallest absolute Gasteiger partial charge is 0.237 e. The van der Waals surface area contributed by atoms with Gasteiger partial charge in [0.25, 0.3) is 0 Å². The van der Waals surface area contributed by atoms with Crippen LogP contribution in [0.25, 0.3) is 5.69 Å². The van der Waals surface area contributed by atoms with E-state index in [1.165, 1.54) is 10.7 Å². The second-order valence-corrected chi connectivity index (χ2v) is 4.33. The Bertz CT molecular complexity index is 576. The lowest BCUT2D eigenvalue weighted by molar-refractivity contribution is -0.137. The maximum atomic E-state index is 12.7. The third kappa shape index (κ3) is 2.76. The molecule has 0 fully saturated rings. The Balaban J connectivity index is 2.51. The minimum Gasteiger partial charge on any atom is -0.237 e. The lowest BCUT2D eigenvalue weighted by Gasteiger charge is -2.11. The van der Waals surface area contributed by atoms with Crippen LogP contribution in [-0.2, 0) is 18.5 Å². The molecule has 0 bridgehead atoms. The third-order valence-corrected chi connectivity index (χ3v) is 3.14. The number of nitrogens with zero attached hydrogens (tertiary/aromatic N) is 2. The zero-order valence-electron chi connectivity index (χ0n) is 10.2. The van der Waals surface area contributed by atoms with Gasteiger partial charge in [0.05, 0.1) is 23.3 Å². The molecular weight excluding hydrogens is 277 g/mol. The number of benzene rings is 1. The summed E-state index contributed by atoms with van der Waals surface area (Å²) in [6, 6.07) is 5.10. The SMILES string of the molecule is CCc1c(CCl)cnn1-c1cccc(C(F)(F)F)c1. The van der Waals surface area contributed by atoms with E-state index in [2.05, 4.69) is 5.10 Å². The molecule has 0 radical (unpaired) electrons. The monoisotopic (exact) mass is 288 g/mol. The number of hydrogen-bond acceptors (Lipinski definition) is 1. The number of alkyl halides is 4. The molecule has 19 heavy (non-hydrogen) atoms. The molecule has 0 N–H and O–H groups in total. The van der Waals surface area contributed by atoms with Gasteiger partial charge in [-0.05, 0) is 24.6 Å². The third-order valence-electron chi connectivity index (χ3n) is 2.85. The van der Waals surface area contributed by atoms with Crippen molar-refractivity contribution in [3.05, 3.63) is 47.3 Å². The lowest BCUT2D eigenvalue weighted by atomic mass is 10.1. The Morgan fingerprint density at radius 1 is 1.32 bits per heavy atom. The highest BCUT2D eigenvalue weighted by molar-refractivity contribution is 6.17. The summed E-state index contributed by atoms with van der Waals surface area (Å²) in [6.45, 7) is 1.91. The highest BCUT2D eigenvalue weighted by atomic mass is 35.5. The van der Waals surface area contributed by atoms with Crippen molar-refractivity contribution in [1.29, 1.82) is 0 Å².